The number of sulfone groups is 1. The normalized spacial score (nSPS) is 20.0. The number of pyridine rings is 2. The molecule has 0 spiro atoms. The second kappa shape index (κ2) is 12.4. The molecule has 0 bridgehead atoms. The molecule has 3 aromatic heterocycles. The predicted octanol–water partition coefficient (Wildman–Crippen LogP) is 3.52. The van der Waals surface area contributed by atoms with Gasteiger partial charge in [-0.1, -0.05) is 20.8 Å². The summed E-state index contributed by atoms with van der Waals surface area (Å²) >= 11 is 0. The zero-order chi connectivity index (χ0) is 29.1. The monoisotopic (exact) mass is 583 g/mol. The van der Waals surface area contributed by atoms with Gasteiger partial charge in [-0.25, -0.2) is 18.4 Å². The number of ether oxygens (including phenoxy) is 1. The molecule has 0 amide bonds. The standard InChI is InChI=1S/C29H41N7O4S/c1-5-41(38,39)18-21-17-36(20(21)4)25-16-32-28(19(2)3)23-14-27(31-15-24(23)25)33-26-6-9-30-29(34-26)35-10-7-22(8-11-35)40-13-12-37/h6,9,14-16,19-22,37H,5,7-8,10-13,17-18H2,1-4H3,(H,30,31,33,34)/t20-,21-/m1/s1. The highest BCUT2D eigenvalue weighted by atomic mass is 32.2. The maximum Gasteiger partial charge on any atom is 0.227 e. The molecular formula is C29H41N7O4S. The van der Waals surface area contributed by atoms with E-state index in [0.29, 0.717) is 30.7 Å². The van der Waals surface area contributed by atoms with E-state index < -0.39 is 9.84 Å². The summed E-state index contributed by atoms with van der Waals surface area (Å²) in [5, 5.41) is 14.4. The molecule has 2 saturated heterocycles. The first-order valence-corrected chi connectivity index (χ1v) is 16.3. The van der Waals surface area contributed by atoms with Crippen molar-refractivity contribution in [2.24, 2.45) is 5.92 Å². The number of piperidine rings is 1. The van der Waals surface area contributed by atoms with Crippen LogP contribution in [-0.2, 0) is 14.6 Å². The maximum atomic E-state index is 12.2. The Labute approximate surface area is 242 Å². The molecule has 2 fully saturated rings. The number of hydrogen-bond donors (Lipinski definition) is 2. The van der Waals surface area contributed by atoms with Crippen molar-refractivity contribution in [1.82, 2.24) is 19.9 Å². The average Bonchev–Trinajstić information content (AvgIpc) is 2.97. The Bertz CT molecular complexity index is 1460. The Morgan fingerprint density at radius 1 is 1.12 bits per heavy atom. The zero-order valence-electron chi connectivity index (χ0n) is 24.3. The van der Waals surface area contributed by atoms with E-state index in [1.165, 1.54) is 0 Å². The van der Waals surface area contributed by atoms with Crippen LogP contribution in [0.5, 0.6) is 0 Å². The fraction of sp³-hybridized carbons (Fsp3) is 0.586. The van der Waals surface area contributed by atoms with Gasteiger partial charge in [-0.3, -0.25) is 4.98 Å². The third-order valence-electron chi connectivity index (χ3n) is 8.22. The summed E-state index contributed by atoms with van der Waals surface area (Å²) in [7, 11) is -3.02. The molecule has 5 heterocycles. The van der Waals surface area contributed by atoms with E-state index in [1.807, 2.05) is 24.5 Å². The number of anilines is 4. The average molecular weight is 584 g/mol. The Kier molecular flexibility index (Phi) is 8.91. The summed E-state index contributed by atoms with van der Waals surface area (Å²) in [5.41, 5.74) is 1.97. The van der Waals surface area contributed by atoms with Crippen LogP contribution < -0.4 is 15.1 Å². The lowest BCUT2D eigenvalue weighted by Gasteiger charge is -2.48. The molecule has 12 heteroatoms. The van der Waals surface area contributed by atoms with Gasteiger partial charge >= 0.3 is 0 Å². The lowest BCUT2D eigenvalue weighted by Crippen LogP contribution is -2.57. The molecule has 11 nitrogen and oxygen atoms in total. The van der Waals surface area contributed by atoms with Crippen LogP contribution in [0.3, 0.4) is 0 Å². The van der Waals surface area contributed by atoms with E-state index in [2.05, 4.69) is 40.9 Å². The van der Waals surface area contributed by atoms with Crippen molar-refractivity contribution in [2.45, 2.75) is 58.6 Å². The van der Waals surface area contributed by atoms with Crippen molar-refractivity contribution in [3.63, 3.8) is 0 Å². The van der Waals surface area contributed by atoms with Gasteiger partial charge in [0.1, 0.15) is 21.5 Å². The number of aliphatic hydroxyl groups is 1. The SMILES string of the molecule is CCS(=O)(=O)C[C@H]1CN(c2cnc(C(C)C)c3cc(Nc4ccnc(N5CCC(OCCO)CC5)n4)ncc23)[C@@H]1C. The molecule has 5 rings (SSSR count). The molecule has 0 saturated carbocycles. The number of fused-ring (bicyclic) bond motifs is 1. The molecule has 0 radical (unpaired) electrons. The highest BCUT2D eigenvalue weighted by Gasteiger charge is 2.39. The smallest absolute Gasteiger partial charge is 0.227 e. The zero-order valence-corrected chi connectivity index (χ0v) is 25.1. The summed E-state index contributed by atoms with van der Waals surface area (Å²) in [6.45, 7) is 10.7. The van der Waals surface area contributed by atoms with Gasteiger partial charge in [0, 0.05) is 60.5 Å². The molecular weight excluding hydrogens is 542 g/mol. The molecule has 2 aliphatic heterocycles. The quantitative estimate of drug-likeness (QED) is 0.343. The molecule has 0 aromatic carbocycles. The first-order valence-electron chi connectivity index (χ1n) is 14.5. The number of rotatable bonds is 11. The van der Waals surface area contributed by atoms with Gasteiger partial charge < -0.3 is 25.0 Å². The van der Waals surface area contributed by atoms with Crippen molar-refractivity contribution in [3.8, 4) is 0 Å². The number of hydrogen-bond acceptors (Lipinski definition) is 11. The van der Waals surface area contributed by atoms with E-state index in [-0.39, 0.29) is 42.1 Å². The lowest BCUT2D eigenvalue weighted by atomic mass is 9.90. The van der Waals surface area contributed by atoms with Crippen LogP contribution in [0.25, 0.3) is 10.8 Å². The van der Waals surface area contributed by atoms with E-state index >= 15 is 0 Å². The fourth-order valence-electron chi connectivity index (χ4n) is 5.68. The predicted molar refractivity (Wildman–Crippen MR) is 162 cm³/mol. The summed E-state index contributed by atoms with van der Waals surface area (Å²) in [5.74, 6) is 2.71. The Morgan fingerprint density at radius 3 is 2.59 bits per heavy atom. The Hall–Kier alpha value is -3.09. The summed E-state index contributed by atoms with van der Waals surface area (Å²) in [6, 6.07) is 3.96. The Balaban J connectivity index is 1.34. The number of nitrogens with zero attached hydrogens (tertiary/aromatic N) is 6. The fourth-order valence-corrected chi connectivity index (χ4v) is 6.96. The van der Waals surface area contributed by atoms with E-state index in [4.69, 9.17) is 24.8 Å². The van der Waals surface area contributed by atoms with Crippen LogP contribution in [0.2, 0.25) is 0 Å². The minimum Gasteiger partial charge on any atom is -0.394 e. The summed E-state index contributed by atoms with van der Waals surface area (Å²) in [4.78, 5) is 23.2. The van der Waals surface area contributed by atoms with Crippen LogP contribution in [0.15, 0.2) is 30.7 Å². The summed E-state index contributed by atoms with van der Waals surface area (Å²) < 4.78 is 30.1. The van der Waals surface area contributed by atoms with Gasteiger partial charge in [-0.15, -0.1) is 0 Å². The lowest BCUT2D eigenvalue weighted by molar-refractivity contribution is 0.0157. The van der Waals surface area contributed by atoms with E-state index in [9.17, 15) is 8.42 Å². The Morgan fingerprint density at radius 2 is 1.90 bits per heavy atom. The molecule has 0 unspecified atom stereocenters. The topological polar surface area (TPSA) is 134 Å². The van der Waals surface area contributed by atoms with Crippen LogP contribution >= 0.6 is 0 Å². The number of nitrogens with one attached hydrogen (secondary N) is 1. The largest absolute Gasteiger partial charge is 0.394 e. The molecule has 0 aliphatic carbocycles. The molecule has 222 valence electrons. The third-order valence-corrected chi connectivity index (χ3v) is 10.0. The molecule has 2 atom stereocenters. The minimum atomic E-state index is -3.02. The van der Waals surface area contributed by atoms with Crippen LogP contribution in [0.4, 0.5) is 23.3 Å². The van der Waals surface area contributed by atoms with Gasteiger partial charge in [-0.05, 0) is 37.8 Å². The van der Waals surface area contributed by atoms with Gasteiger partial charge in [0.2, 0.25) is 5.95 Å². The third kappa shape index (κ3) is 6.54. The maximum absolute atomic E-state index is 12.2. The molecule has 2 N–H and O–H groups in total. The second-order valence-corrected chi connectivity index (χ2v) is 13.7. The first kappa shape index (κ1) is 29.4. The van der Waals surface area contributed by atoms with Crippen LogP contribution in [0.1, 0.15) is 52.1 Å². The number of aliphatic hydroxyl groups excluding tert-OH is 1. The summed E-state index contributed by atoms with van der Waals surface area (Å²) in [6.07, 6.45) is 7.42. The van der Waals surface area contributed by atoms with Crippen molar-refractivity contribution >= 4 is 43.9 Å². The van der Waals surface area contributed by atoms with E-state index in [0.717, 1.165) is 48.1 Å². The van der Waals surface area contributed by atoms with Gasteiger partial charge in [-0.2, -0.15) is 4.98 Å². The van der Waals surface area contributed by atoms with Gasteiger partial charge in [0.05, 0.1) is 42.6 Å². The molecule has 41 heavy (non-hydrogen) atoms. The van der Waals surface area contributed by atoms with Crippen molar-refractivity contribution in [3.05, 3.63) is 36.4 Å². The van der Waals surface area contributed by atoms with E-state index in [1.54, 1.807) is 13.1 Å². The van der Waals surface area contributed by atoms with Crippen LogP contribution in [-0.4, -0.2) is 90.0 Å². The minimum absolute atomic E-state index is 0.0409. The molecule has 2 aliphatic rings. The van der Waals surface area contributed by atoms with Gasteiger partial charge in [0.25, 0.3) is 0 Å². The second-order valence-electron chi connectivity index (χ2n) is 11.3. The number of aromatic nitrogens is 4. The van der Waals surface area contributed by atoms with Gasteiger partial charge in [0.15, 0.2) is 0 Å². The molecule has 3 aromatic rings. The highest BCUT2D eigenvalue weighted by Crippen LogP contribution is 2.38. The highest BCUT2D eigenvalue weighted by molar-refractivity contribution is 7.91. The van der Waals surface area contributed by atoms with Crippen molar-refractivity contribution < 1.29 is 18.3 Å². The van der Waals surface area contributed by atoms with Crippen LogP contribution in [0, 0.1) is 5.92 Å². The van der Waals surface area contributed by atoms with Crippen molar-refractivity contribution in [1.29, 1.82) is 0 Å². The first-order chi connectivity index (χ1) is 19.7. The van der Waals surface area contributed by atoms with Crippen molar-refractivity contribution in [2.75, 3.05) is 59.5 Å².